The Morgan fingerprint density at radius 3 is 2.56 bits per heavy atom. The molecule has 7 nitrogen and oxygen atoms in total. The third-order valence-electron chi connectivity index (χ3n) is 6.04. The van der Waals surface area contributed by atoms with Crippen LogP contribution in [0.2, 0.25) is 0 Å². The van der Waals surface area contributed by atoms with Crippen molar-refractivity contribution in [2.75, 3.05) is 38.1 Å². The van der Waals surface area contributed by atoms with E-state index in [0.29, 0.717) is 0 Å². The highest BCUT2D eigenvalue weighted by Gasteiger charge is 2.16. The summed E-state index contributed by atoms with van der Waals surface area (Å²) in [4.78, 5) is 26.7. The smallest absolute Gasteiger partial charge is 0.168 e. The molecule has 7 heteroatoms. The van der Waals surface area contributed by atoms with Gasteiger partial charge in [0, 0.05) is 79.1 Å². The molecule has 0 aliphatic carbocycles. The number of Topliss-reactive ketones (excluding diaryl/α,β-unsaturated/α-hetero) is 1. The van der Waals surface area contributed by atoms with Crippen molar-refractivity contribution >= 4 is 22.4 Å². The Labute approximate surface area is 187 Å². The van der Waals surface area contributed by atoms with Crippen molar-refractivity contribution in [3.63, 3.8) is 0 Å². The first-order valence-electron chi connectivity index (χ1n) is 10.9. The van der Waals surface area contributed by atoms with Crippen molar-refractivity contribution in [3.8, 4) is 11.1 Å². The van der Waals surface area contributed by atoms with Gasteiger partial charge in [0.2, 0.25) is 0 Å². The summed E-state index contributed by atoms with van der Waals surface area (Å²) in [7, 11) is 4.04. The average molecular weight is 427 g/mol. The number of carbonyl (C=O) groups is 1. The number of piperazine rings is 1. The van der Waals surface area contributed by atoms with Crippen LogP contribution in [0.25, 0.3) is 22.0 Å². The molecule has 3 aromatic heterocycles. The molecular weight excluding hydrogens is 400 g/mol. The predicted octanol–water partition coefficient (Wildman–Crippen LogP) is 3.21. The lowest BCUT2D eigenvalue weighted by Gasteiger charge is -2.34. The van der Waals surface area contributed by atoms with Gasteiger partial charge in [0.15, 0.2) is 5.78 Å². The molecule has 5 rings (SSSR count). The van der Waals surface area contributed by atoms with Crippen LogP contribution in [0.3, 0.4) is 0 Å². The van der Waals surface area contributed by atoms with E-state index in [-0.39, 0.29) is 12.2 Å². The first-order chi connectivity index (χ1) is 15.5. The van der Waals surface area contributed by atoms with Gasteiger partial charge < -0.3 is 9.80 Å². The van der Waals surface area contributed by atoms with Crippen LogP contribution in [0.4, 0.5) is 5.69 Å². The summed E-state index contributed by atoms with van der Waals surface area (Å²) in [5.41, 5.74) is 5.40. The van der Waals surface area contributed by atoms with E-state index >= 15 is 0 Å². The highest BCUT2D eigenvalue weighted by atomic mass is 16.1. The Kier molecular flexibility index (Phi) is 5.41. The fraction of sp³-hybridized carbons (Fsp3) is 0.280. The maximum Gasteiger partial charge on any atom is 0.168 e. The number of benzene rings is 1. The molecule has 0 amide bonds. The van der Waals surface area contributed by atoms with Crippen molar-refractivity contribution in [1.29, 1.82) is 0 Å². The second kappa shape index (κ2) is 8.51. The summed E-state index contributed by atoms with van der Waals surface area (Å²) < 4.78 is 1.77. The number of aryl methyl sites for hydroxylation is 1. The van der Waals surface area contributed by atoms with E-state index in [9.17, 15) is 4.79 Å². The standard InChI is InChI=1S/C25H26N6O/c1-29-6-8-31(9-7-29)23-5-3-4-18(12-23)25(32)13-22-11-19-10-20(14-27-24(19)16-26-22)21-15-28-30(2)17-21/h3-5,10-12,14-17H,6-9,13H2,1-2H3. The van der Waals surface area contributed by atoms with Crippen LogP contribution in [-0.4, -0.2) is 63.7 Å². The van der Waals surface area contributed by atoms with E-state index in [0.717, 1.165) is 65.2 Å². The minimum absolute atomic E-state index is 0.0733. The normalized spacial score (nSPS) is 14.8. The minimum Gasteiger partial charge on any atom is -0.369 e. The number of anilines is 1. The number of likely N-dealkylation sites (N-methyl/N-ethyl adjacent to an activating group) is 1. The molecule has 1 aliphatic heterocycles. The predicted molar refractivity (Wildman–Crippen MR) is 126 cm³/mol. The fourth-order valence-corrected chi connectivity index (χ4v) is 4.11. The summed E-state index contributed by atoms with van der Waals surface area (Å²) in [6.07, 6.45) is 7.62. The van der Waals surface area contributed by atoms with Crippen molar-refractivity contribution < 1.29 is 4.79 Å². The Bertz CT molecular complexity index is 1270. The highest BCUT2D eigenvalue weighted by molar-refractivity contribution is 5.98. The summed E-state index contributed by atoms with van der Waals surface area (Å²) in [5, 5.41) is 5.20. The van der Waals surface area contributed by atoms with Crippen LogP contribution >= 0.6 is 0 Å². The molecule has 0 N–H and O–H groups in total. The Morgan fingerprint density at radius 2 is 1.78 bits per heavy atom. The Morgan fingerprint density at radius 1 is 0.938 bits per heavy atom. The van der Waals surface area contributed by atoms with Crippen molar-refractivity contribution in [3.05, 3.63) is 72.4 Å². The Balaban J connectivity index is 1.36. The number of hydrogen-bond donors (Lipinski definition) is 0. The highest BCUT2D eigenvalue weighted by Crippen LogP contribution is 2.23. The first kappa shape index (κ1) is 20.3. The molecule has 0 bridgehead atoms. The first-order valence-corrected chi connectivity index (χ1v) is 10.9. The van der Waals surface area contributed by atoms with Crippen LogP contribution < -0.4 is 4.90 Å². The number of ketones is 1. The zero-order valence-corrected chi connectivity index (χ0v) is 18.4. The second-order valence-electron chi connectivity index (χ2n) is 8.44. The second-order valence-corrected chi connectivity index (χ2v) is 8.44. The number of fused-ring (bicyclic) bond motifs is 1. The minimum atomic E-state index is 0.0733. The van der Waals surface area contributed by atoms with Gasteiger partial charge in [-0.25, -0.2) is 0 Å². The van der Waals surface area contributed by atoms with Crippen LogP contribution in [0.1, 0.15) is 16.1 Å². The number of hydrogen-bond acceptors (Lipinski definition) is 6. The monoisotopic (exact) mass is 426 g/mol. The summed E-state index contributed by atoms with van der Waals surface area (Å²) >= 11 is 0. The molecule has 0 unspecified atom stereocenters. The van der Waals surface area contributed by atoms with Gasteiger partial charge >= 0.3 is 0 Å². The van der Waals surface area contributed by atoms with E-state index in [1.807, 2.05) is 49.9 Å². The molecule has 1 saturated heterocycles. The number of aromatic nitrogens is 4. The molecule has 4 heterocycles. The molecule has 0 radical (unpaired) electrons. The molecule has 1 aromatic carbocycles. The molecule has 0 atom stereocenters. The third kappa shape index (κ3) is 4.24. The number of nitrogens with zero attached hydrogens (tertiary/aromatic N) is 6. The van der Waals surface area contributed by atoms with Gasteiger partial charge in [-0.05, 0) is 31.3 Å². The zero-order valence-electron chi connectivity index (χ0n) is 18.4. The molecule has 162 valence electrons. The van der Waals surface area contributed by atoms with Gasteiger partial charge in [0.05, 0.1) is 24.3 Å². The zero-order chi connectivity index (χ0) is 22.1. The van der Waals surface area contributed by atoms with Gasteiger partial charge in [0.1, 0.15) is 0 Å². The maximum atomic E-state index is 13.0. The number of rotatable bonds is 5. The van der Waals surface area contributed by atoms with Gasteiger partial charge in [-0.2, -0.15) is 5.10 Å². The molecule has 0 spiro atoms. The largest absolute Gasteiger partial charge is 0.369 e. The van der Waals surface area contributed by atoms with E-state index in [4.69, 9.17) is 0 Å². The fourth-order valence-electron chi connectivity index (χ4n) is 4.11. The van der Waals surface area contributed by atoms with Crippen molar-refractivity contribution in [2.45, 2.75) is 6.42 Å². The average Bonchev–Trinajstić information content (AvgIpc) is 3.25. The van der Waals surface area contributed by atoms with Crippen LogP contribution in [0, 0.1) is 0 Å². The lowest BCUT2D eigenvalue weighted by Crippen LogP contribution is -2.44. The van der Waals surface area contributed by atoms with E-state index in [2.05, 4.69) is 44.0 Å². The molecule has 32 heavy (non-hydrogen) atoms. The lowest BCUT2D eigenvalue weighted by atomic mass is 10.0. The van der Waals surface area contributed by atoms with Crippen molar-refractivity contribution in [1.82, 2.24) is 24.6 Å². The lowest BCUT2D eigenvalue weighted by molar-refractivity contribution is 0.0992. The van der Waals surface area contributed by atoms with Gasteiger partial charge in [-0.1, -0.05) is 12.1 Å². The van der Waals surface area contributed by atoms with E-state index < -0.39 is 0 Å². The van der Waals surface area contributed by atoms with E-state index in [1.165, 1.54) is 0 Å². The SMILES string of the molecule is CN1CCN(c2cccc(C(=O)Cc3cc4cc(-c5cnn(C)c5)cnc4cn3)c2)CC1. The summed E-state index contributed by atoms with van der Waals surface area (Å²) in [6, 6.07) is 12.0. The quantitative estimate of drug-likeness (QED) is 0.457. The summed E-state index contributed by atoms with van der Waals surface area (Å²) in [5.74, 6) is 0.0733. The molecular formula is C25H26N6O. The molecule has 4 aromatic rings. The topological polar surface area (TPSA) is 67.2 Å². The maximum absolute atomic E-state index is 13.0. The van der Waals surface area contributed by atoms with Crippen LogP contribution in [0.15, 0.2) is 61.2 Å². The summed E-state index contributed by atoms with van der Waals surface area (Å²) in [6.45, 7) is 4.03. The number of carbonyl (C=O) groups excluding carboxylic acids is 1. The van der Waals surface area contributed by atoms with Crippen LogP contribution in [-0.2, 0) is 13.5 Å². The van der Waals surface area contributed by atoms with Crippen LogP contribution in [0.5, 0.6) is 0 Å². The third-order valence-corrected chi connectivity index (χ3v) is 6.04. The Hall–Kier alpha value is -3.58. The van der Waals surface area contributed by atoms with Crippen molar-refractivity contribution in [2.24, 2.45) is 7.05 Å². The molecule has 1 fully saturated rings. The van der Waals surface area contributed by atoms with Gasteiger partial charge in [-0.3, -0.25) is 19.4 Å². The van der Waals surface area contributed by atoms with Gasteiger partial charge in [0.25, 0.3) is 0 Å². The van der Waals surface area contributed by atoms with Gasteiger partial charge in [-0.15, -0.1) is 0 Å². The molecule has 0 saturated carbocycles. The van der Waals surface area contributed by atoms with E-state index in [1.54, 1.807) is 10.9 Å². The molecule has 1 aliphatic rings. The number of pyridine rings is 2.